The quantitative estimate of drug-likeness (QED) is 0.867. The van der Waals surface area contributed by atoms with Gasteiger partial charge in [-0.15, -0.1) is 0 Å². The zero-order valence-corrected chi connectivity index (χ0v) is 10.1. The van der Waals surface area contributed by atoms with Gasteiger partial charge in [0.1, 0.15) is 5.75 Å². The van der Waals surface area contributed by atoms with Gasteiger partial charge in [-0.2, -0.15) is 0 Å². The number of benzene rings is 2. The first-order valence-electron chi connectivity index (χ1n) is 5.66. The predicted octanol–water partition coefficient (Wildman–Crippen LogP) is 2.32. The summed E-state index contributed by atoms with van der Waals surface area (Å²) in [5.74, 6) is -0.140. The molecule has 0 aliphatic heterocycles. The molecule has 3 N–H and O–H groups in total. The number of rotatable bonds is 4. The van der Waals surface area contributed by atoms with E-state index in [2.05, 4.69) is 0 Å². The Morgan fingerprint density at radius 1 is 1.28 bits per heavy atom. The number of hydrogen-bond donors (Lipinski definition) is 2. The Balaban J connectivity index is 2.55. The summed E-state index contributed by atoms with van der Waals surface area (Å²) in [5.41, 5.74) is 6.76. The number of carboxylic acid groups (broad SMARTS) is 1. The van der Waals surface area contributed by atoms with Crippen LogP contribution < -0.4 is 10.5 Å². The smallest absolute Gasteiger partial charge is 0.305 e. The maximum absolute atomic E-state index is 10.7. The van der Waals surface area contributed by atoms with Crippen molar-refractivity contribution in [3.8, 4) is 5.75 Å². The third kappa shape index (κ3) is 2.28. The molecule has 0 saturated heterocycles. The SMILES string of the molecule is COc1ccc([C@@H](N)CC(=O)O)c2ccccc12. The number of ether oxygens (including phenoxy) is 1. The lowest BCUT2D eigenvalue weighted by Gasteiger charge is -2.14. The van der Waals surface area contributed by atoms with Gasteiger partial charge in [-0.3, -0.25) is 4.79 Å². The van der Waals surface area contributed by atoms with Crippen LogP contribution in [0.5, 0.6) is 5.75 Å². The first-order valence-corrected chi connectivity index (χ1v) is 5.66. The summed E-state index contributed by atoms with van der Waals surface area (Å²) in [7, 11) is 1.61. The number of aliphatic carboxylic acids is 1. The minimum Gasteiger partial charge on any atom is -0.496 e. The molecule has 94 valence electrons. The van der Waals surface area contributed by atoms with Crippen LogP contribution in [-0.2, 0) is 4.79 Å². The highest BCUT2D eigenvalue weighted by molar-refractivity contribution is 5.91. The van der Waals surface area contributed by atoms with Crippen LogP contribution in [0.4, 0.5) is 0 Å². The van der Waals surface area contributed by atoms with Crippen molar-refractivity contribution in [2.45, 2.75) is 12.5 Å². The van der Waals surface area contributed by atoms with E-state index >= 15 is 0 Å². The summed E-state index contributed by atoms with van der Waals surface area (Å²) in [5, 5.41) is 10.7. The zero-order valence-electron chi connectivity index (χ0n) is 10.1. The molecule has 0 saturated carbocycles. The van der Waals surface area contributed by atoms with E-state index in [4.69, 9.17) is 15.6 Å². The van der Waals surface area contributed by atoms with Gasteiger partial charge in [0.25, 0.3) is 0 Å². The van der Waals surface area contributed by atoms with Gasteiger partial charge in [0.15, 0.2) is 0 Å². The standard InChI is InChI=1S/C14H15NO3/c1-18-13-7-6-10(12(15)8-14(16)17)9-4-2-3-5-11(9)13/h2-7,12H,8,15H2,1H3,(H,16,17)/t12-/m0/s1. The van der Waals surface area contributed by atoms with E-state index in [1.165, 1.54) is 0 Å². The molecule has 18 heavy (non-hydrogen) atoms. The van der Waals surface area contributed by atoms with Crippen molar-refractivity contribution >= 4 is 16.7 Å². The van der Waals surface area contributed by atoms with Crippen molar-refractivity contribution in [3.63, 3.8) is 0 Å². The highest BCUT2D eigenvalue weighted by atomic mass is 16.5. The number of methoxy groups -OCH3 is 1. The summed E-state index contributed by atoms with van der Waals surface area (Å²) in [6.07, 6.45) is -0.0870. The highest BCUT2D eigenvalue weighted by Crippen LogP contribution is 2.31. The van der Waals surface area contributed by atoms with Crippen molar-refractivity contribution in [3.05, 3.63) is 42.0 Å². The van der Waals surface area contributed by atoms with Crippen LogP contribution in [0.15, 0.2) is 36.4 Å². The van der Waals surface area contributed by atoms with E-state index in [-0.39, 0.29) is 6.42 Å². The van der Waals surface area contributed by atoms with Gasteiger partial charge in [-0.05, 0) is 17.0 Å². The normalized spacial score (nSPS) is 12.3. The van der Waals surface area contributed by atoms with Gasteiger partial charge in [0.05, 0.1) is 13.5 Å². The molecule has 2 aromatic carbocycles. The largest absolute Gasteiger partial charge is 0.496 e. The first kappa shape index (κ1) is 12.4. The molecule has 0 unspecified atom stereocenters. The van der Waals surface area contributed by atoms with E-state index < -0.39 is 12.0 Å². The summed E-state index contributed by atoms with van der Waals surface area (Å²) in [6, 6.07) is 10.8. The van der Waals surface area contributed by atoms with Gasteiger partial charge in [0.2, 0.25) is 0 Å². The Morgan fingerprint density at radius 3 is 2.56 bits per heavy atom. The third-order valence-corrected chi connectivity index (χ3v) is 2.93. The van der Waals surface area contributed by atoms with Crippen LogP contribution in [-0.4, -0.2) is 18.2 Å². The average Bonchev–Trinajstić information content (AvgIpc) is 2.36. The highest BCUT2D eigenvalue weighted by Gasteiger charge is 2.14. The molecule has 4 nitrogen and oxygen atoms in total. The van der Waals surface area contributed by atoms with Crippen LogP contribution >= 0.6 is 0 Å². The van der Waals surface area contributed by atoms with Crippen LogP contribution in [0.25, 0.3) is 10.8 Å². The van der Waals surface area contributed by atoms with Gasteiger partial charge in [-0.25, -0.2) is 0 Å². The van der Waals surface area contributed by atoms with Crippen molar-refractivity contribution in [1.29, 1.82) is 0 Å². The lowest BCUT2D eigenvalue weighted by molar-refractivity contribution is -0.137. The fourth-order valence-corrected chi connectivity index (χ4v) is 2.09. The minimum absolute atomic E-state index is 0.0870. The van der Waals surface area contributed by atoms with E-state index in [0.717, 1.165) is 22.1 Å². The summed E-state index contributed by atoms with van der Waals surface area (Å²) < 4.78 is 5.29. The molecule has 2 rings (SSSR count). The molecule has 0 aliphatic carbocycles. The molecule has 4 heteroatoms. The molecule has 1 atom stereocenters. The van der Waals surface area contributed by atoms with Crippen molar-refractivity contribution in [2.24, 2.45) is 5.73 Å². The summed E-state index contributed by atoms with van der Waals surface area (Å²) in [6.45, 7) is 0. The lowest BCUT2D eigenvalue weighted by atomic mass is 9.97. The van der Waals surface area contributed by atoms with Gasteiger partial charge in [0, 0.05) is 11.4 Å². The predicted molar refractivity (Wildman–Crippen MR) is 69.7 cm³/mol. The summed E-state index contributed by atoms with van der Waals surface area (Å²) >= 11 is 0. The Morgan fingerprint density at radius 2 is 1.94 bits per heavy atom. The third-order valence-electron chi connectivity index (χ3n) is 2.93. The number of fused-ring (bicyclic) bond motifs is 1. The maximum Gasteiger partial charge on any atom is 0.305 e. The molecule has 0 aliphatic rings. The zero-order chi connectivity index (χ0) is 13.1. The fourth-order valence-electron chi connectivity index (χ4n) is 2.09. The Bertz CT molecular complexity index is 580. The van der Waals surface area contributed by atoms with Gasteiger partial charge >= 0.3 is 5.97 Å². The van der Waals surface area contributed by atoms with Crippen LogP contribution in [0.3, 0.4) is 0 Å². The Kier molecular flexibility index (Phi) is 3.48. The van der Waals surface area contributed by atoms with Gasteiger partial charge in [-0.1, -0.05) is 30.3 Å². The first-order chi connectivity index (χ1) is 8.63. The molecule has 0 heterocycles. The maximum atomic E-state index is 10.7. The second-order valence-electron chi connectivity index (χ2n) is 4.11. The van der Waals surface area contributed by atoms with Crippen molar-refractivity contribution in [2.75, 3.05) is 7.11 Å². The monoisotopic (exact) mass is 245 g/mol. The molecule has 0 bridgehead atoms. The second kappa shape index (κ2) is 5.06. The molecule has 0 aromatic heterocycles. The number of hydrogen-bond acceptors (Lipinski definition) is 3. The van der Waals surface area contributed by atoms with E-state index in [9.17, 15) is 4.79 Å². The summed E-state index contributed by atoms with van der Waals surface area (Å²) in [4.78, 5) is 10.7. The molecule has 0 fully saturated rings. The second-order valence-corrected chi connectivity index (χ2v) is 4.11. The topological polar surface area (TPSA) is 72.5 Å². The fraction of sp³-hybridized carbons (Fsp3) is 0.214. The van der Waals surface area contributed by atoms with Crippen molar-refractivity contribution in [1.82, 2.24) is 0 Å². The van der Waals surface area contributed by atoms with Crippen LogP contribution in [0, 0.1) is 0 Å². The van der Waals surface area contributed by atoms with Crippen molar-refractivity contribution < 1.29 is 14.6 Å². The Labute approximate surface area is 105 Å². The lowest BCUT2D eigenvalue weighted by Crippen LogP contribution is -2.15. The molecular weight excluding hydrogens is 230 g/mol. The van der Waals surface area contributed by atoms with E-state index in [1.54, 1.807) is 7.11 Å². The number of carboxylic acids is 1. The molecular formula is C14H15NO3. The molecule has 0 spiro atoms. The number of nitrogens with two attached hydrogens (primary N) is 1. The van der Waals surface area contributed by atoms with E-state index in [1.807, 2.05) is 36.4 Å². The van der Waals surface area contributed by atoms with Crippen LogP contribution in [0.2, 0.25) is 0 Å². The van der Waals surface area contributed by atoms with Gasteiger partial charge < -0.3 is 15.6 Å². The average molecular weight is 245 g/mol. The van der Waals surface area contributed by atoms with E-state index in [0.29, 0.717) is 0 Å². The Hall–Kier alpha value is -2.07. The minimum atomic E-state index is -0.901. The molecule has 0 radical (unpaired) electrons. The molecule has 2 aromatic rings. The van der Waals surface area contributed by atoms with Crippen LogP contribution in [0.1, 0.15) is 18.0 Å². The number of carbonyl (C=O) groups is 1. The molecule has 0 amide bonds.